The molecule has 0 aliphatic carbocycles. The fraction of sp³-hybridized carbons (Fsp3) is 0.417. The van der Waals surface area contributed by atoms with E-state index in [1.165, 1.54) is 6.08 Å². The molecular formula is C12H18ClNO3. The van der Waals surface area contributed by atoms with Crippen molar-refractivity contribution < 1.29 is 13.9 Å². The molecule has 0 saturated heterocycles. The molecular weight excluding hydrogens is 242 g/mol. The van der Waals surface area contributed by atoms with Crippen molar-refractivity contribution in [2.75, 3.05) is 27.2 Å². The van der Waals surface area contributed by atoms with Crippen molar-refractivity contribution in [1.82, 2.24) is 4.90 Å². The van der Waals surface area contributed by atoms with Crippen LogP contribution in [0.25, 0.3) is 6.08 Å². The molecule has 0 unspecified atom stereocenters. The molecule has 1 heterocycles. The molecule has 0 aliphatic rings. The Morgan fingerprint density at radius 3 is 2.88 bits per heavy atom. The van der Waals surface area contributed by atoms with Gasteiger partial charge in [0.05, 0.1) is 12.9 Å². The lowest BCUT2D eigenvalue weighted by Gasteiger charge is -2.08. The summed E-state index contributed by atoms with van der Waals surface area (Å²) in [5.74, 6) is 0.306. The highest BCUT2D eigenvalue weighted by molar-refractivity contribution is 5.86. The number of furan rings is 1. The quantitative estimate of drug-likeness (QED) is 0.446. The van der Waals surface area contributed by atoms with E-state index in [2.05, 4.69) is 0 Å². The molecule has 17 heavy (non-hydrogen) atoms. The van der Waals surface area contributed by atoms with E-state index >= 15 is 0 Å². The Balaban J connectivity index is 0.00000256. The Morgan fingerprint density at radius 2 is 2.29 bits per heavy atom. The summed E-state index contributed by atoms with van der Waals surface area (Å²) in [7, 11) is 3.97. The molecule has 5 heteroatoms. The van der Waals surface area contributed by atoms with E-state index in [4.69, 9.17) is 9.15 Å². The van der Waals surface area contributed by atoms with Gasteiger partial charge in [-0.25, -0.2) is 4.79 Å². The van der Waals surface area contributed by atoms with Gasteiger partial charge in [-0.15, -0.1) is 12.4 Å². The maximum absolute atomic E-state index is 11.2. The predicted octanol–water partition coefficient (Wildman–Crippen LogP) is 2.21. The zero-order chi connectivity index (χ0) is 11.8. The van der Waals surface area contributed by atoms with E-state index < -0.39 is 0 Å². The van der Waals surface area contributed by atoms with Crippen molar-refractivity contribution in [3.63, 3.8) is 0 Å². The molecule has 0 amide bonds. The second-order valence-electron chi connectivity index (χ2n) is 3.67. The van der Waals surface area contributed by atoms with Gasteiger partial charge >= 0.3 is 5.97 Å². The number of esters is 1. The minimum Gasteiger partial charge on any atom is -0.465 e. The van der Waals surface area contributed by atoms with E-state index in [1.807, 2.05) is 19.0 Å². The van der Waals surface area contributed by atoms with Gasteiger partial charge in [-0.1, -0.05) is 0 Å². The number of ether oxygens (including phenoxy) is 1. The van der Waals surface area contributed by atoms with Crippen LogP contribution in [0.5, 0.6) is 0 Å². The molecule has 0 atom stereocenters. The highest BCUT2D eigenvalue weighted by Gasteiger charge is 1.98. The average Bonchev–Trinajstić information content (AvgIpc) is 2.74. The molecule has 1 aromatic rings. The van der Waals surface area contributed by atoms with Crippen LogP contribution in [0.3, 0.4) is 0 Å². The Bertz CT molecular complexity index is 334. The van der Waals surface area contributed by atoms with Crippen LogP contribution in [-0.2, 0) is 9.53 Å². The third-order valence-corrected chi connectivity index (χ3v) is 1.92. The molecule has 0 bridgehead atoms. The number of halogens is 1. The highest BCUT2D eigenvalue weighted by Crippen LogP contribution is 2.02. The third kappa shape index (κ3) is 7.60. The van der Waals surface area contributed by atoms with Gasteiger partial charge in [-0.2, -0.15) is 0 Å². The van der Waals surface area contributed by atoms with Crippen LogP contribution in [0.4, 0.5) is 0 Å². The van der Waals surface area contributed by atoms with E-state index in [1.54, 1.807) is 24.5 Å². The molecule has 1 rings (SSSR count). The molecule has 0 aromatic carbocycles. The average molecular weight is 260 g/mol. The second-order valence-corrected chi connectivity index (χ2v) is 3.67. The Hall–Kier alpha value is -1.26. The summed E-state index contributed by atoms with van der Waals surface area (Å²) >= 11 is 0. The van der Waals surface area contributed by atoms with E-state index in [9.17, 15) is 4.79 Å². The Morgan fingerprint density at radius 1 is 1.53 bits per heavy atom. The number of carbonyl (C=O) groups is 1. The summed E-state index contributed by atoms with van der Waals surface area (Å²) in [6, 6.07) is 3.54. The first kappa shape index (κ1) is 15.7. The molecule has 0 saturated carbocycles. The fourth-order valence-electron chi connectivity index (χ4n) is 1.14. The number of nitrogens with zero attached hydrogens (tertiary/aromatic N) is 1. The largest absolute Gasteiger partial charge is 0.465 e. The van der Waals surface area contributed by atoms with Crippen LogP contribution < -0.4 is 0 Å². The maximum atomic E-state index is 11.2. The molecule has 4 nitrogen and oxygen atoms in total. The number of carbonyl (C=O) groups excluding carboxylic acids is 1. The van der Waals surface area contributed by atoms with Crippen molar-refractivity contribution in [2.45, 2.75) is 6.42 Å². The van der Waals surface area contributed by atoms with Crippen LogP contribution >= 0.6 is 12.4 Å². The Kier molecular flexibility index (Phi) is 8.19. The van der Waals surface area contributed by atoms with Crippen LogP contribution in [0, 0.1) is 0 Å². The van der Waals surface area contributed by atoms with E-state index in [0.29, 0.717) is 12.4 Å². The van der Waals surface area contributed by atoms with Gasteiger partial charge in [0.15, 0.2) is 0 Å². The van der Waals surface area contributed by atoms with Gasteiger partial charge in [0.25, 0.3) is 0 Å². The molecule has 1 aromatic heterocycles. The zero-order valence-corrected chi connectivity index (χ0v) is 10.9. The summed E-state index contributed by atoms with van der Waals surface area (Å²) in [6.07, 6.45) is 5.36. The van der Waals surface area contributed by atoms with E-state index in [-0.39, 0.29) is 18.4 Å². The minimum absolute atomic E-state index is 0. The lowest BCUT2D eigenvalue weighted by molar-refractivity contribution is -0.137. The third-order valence-electron chi connectivity index (χ3n) is 1.92. The predicted molar refractivity (Wildman–Crippen MR) is 69.1 cm³/mol. The Labute approximate surface area is 108 Å². The highest BCUT2D eigenvalue weighted by atomic mass is 35.5. The van der Waals surface area contributed by atoms with E-state index in [0.717, 1.165) is 13.0 Å². The van der Waals surface area contributed by atoms with Crippen LogP contribution in [-0.4, -0.2) is 38.1 Å². The summed E-state index contributed by atoms with van der Waals surface area (Å²) < 4.78 is 10.0. The molecule has 0 N–H and O–H groups in total. The second kappa shape index (κ2) is 8.84. The zero-order valence-electron chi connectivity index (χ0n) is 10.1. The number of hydrogen-bond acceptors (Lipinski definition) is 4. The van der Waals surface area contributed by atoms with Crippen LogP contribution in [0.1, 0.15) is 12.2 Å². The van der Waals surface area contributed by atoms with Crippen molar-refractivity contribution in [1.29, 1.82) is 0 Å². The standard InChI is InChI=1S/C12H17NO3.ClH/c1-13(2)8-4-10-16-12(14)7-6-11-5-3-9-15-11;/h3,5-7,9H,4,8,10H2,1-2H3;1H. The lowest BCUT2D eigenvalue weighted by Crippen LogP contribution is -2.15. The normalized spacial score (nSPS) is 10.5. The lowest BCUT2D eigenvalue weighted by atomic mass is 10.4. The SMILES string of the molecule is CN(C)CCCOC(=O)C=Cc1ccco1.Cl. The number of rotatable bonds is 6. The van der Waals surface area contributed by atoms with Crippen molar-refractivity contribution in [3.8, 4) is 0 Å². The molecule has 0 radical (unpaired) electrons. The molecule has 0 spiro atoms. The van der Waals surface area contributed by atoms with Crippen molar-refractivity contribution in [3.05, 3.63) is 30.2 Å². The summed E-state index contributed by atoms with van der Waals surface area (Å²) in [5, 5.41) is 0. The maximum Gasteiger partial charge on any atom is 0.330 e. The summed E-state index contributed by atoms with van der Waals surface area (Å²) in [4.78, 5) is 13.3. The van der Waals surface area contributed by atoms with Gasteiger partial charge in [-0.3, -0.25) is 0 Å². The van der Waals surface area contributed by atoms with Gasteiger partial charge in [0.1, 0.15) is 5.76 Å². The number of hydrogen-bond donors (Lipinski definition) is 0. The van der Waals surface area contributed by atoms with Crippen LogP contribution in [0.15, 0.2) is 28.9 Å². The topological polar surface area (TPSA) is 42.7 Å². The first-order chi connectivity index (χ1) is 7.68. The van der Waals surface area contributed by atoms with Gasteiger partial charge < -0.3 is 14.1 Å². The molecule has 96 valence electrons. The molecule has 0 aliphatic heterocycles. The van der Waals surface area contributed by atoms with Gasteiger partial charge in [-0.05, 0) is 38.7 Å². The fourth-order valence-corrected chi connectivity index (χ4v) is 1.14. The van der Waals surface area contributed by atoms with Crippen LogP contribution in [0.2, 0.25) is 0 Å². The van der Waals surface area contributed by atoms with Gasteiger partial charge in [0, 0.05) is 12.6 Å². The van der Waals surface area contributed by atoms with Gasteiger partial charge in [0.2, 0.25) is 0 Å². The molecule has 0 fully saturated rings. The summed E-state index contributed by atoms with van der Waals surface area (Å²) in [6.45, 7) is 1.36. The van der Waals surface area contributed by atoms with Crippen molar-refractivity contribution in [2.24, 2.45) is 0 Å². The first-order valence-corrected chi connectivity index (χ1v) is 5.21. The smallest absolute Gasteiger partial charge is 0.330 e. The van der Waals surface area contributed by atoms with Crippen molar-refractivity contribution >= 4 is 24.5 Å². The summed E-state index contributed by atoms with van der Waals surface area (Å²) in [5.41, 5.74) is 0. The minimum atomic E-state index is -0.338. The first-order valence-electron chi connectivity index (χ1n) is 5.21. The monoisotopic (exact) mass is 259 g/mol.